The maximum atomic E-state index is 12.7. The van der Waals surface area contributed by atoms with Crippen LogP contribution in [0.3, 0.4) is 0 Å². The highest BCUT2D eigenvalue weighted by molar-refractivity contribution is 6.22. The highest BCUT2D eigenvalue weighted by Crippen LogP contribution is 2.27. The SMILES string of the molecule is CC(C)C(C(=O)NC(CF)C(=O)O)N1C(=O)c2ccccc2C1=O. The highest BCUT2D eigenvalue weighted by Gasteiger charge is 2.44. The fourth-order valence-electron chi connectivity index (χ4n) is 2.60. The maximum absolute atomic E-state index is 12.7. The summed E-state index contributed by atoms with van der Waals surface area (Å²) >= 11 is 0. The number of carboxylic acid groups (broad SMARTS) is 1. The lowest BCUT2D eigenvalue weighted by atomic mass is 10.0. The molecule has 1 aromatic rings. The molecule has 7 nitrogen and oxygen atoms in total. The van der Waals surface area contributed by atoms with Crippen molar-refractivity contribution in [1.82, 2.24) is 10.2 Å². The van der Waals surface area contributed by atoms with Gasteiger partial charge >= 0.3 is 5.97 Å². The van der Waals surface area contributed by atoms with Crippen LogP contribution in [-0.2, 0) is 9.59 Å². The normalized spacial score (nSPS) is 16.1. The molecule has 1 heterocycles. The quantitative estimate of drug-likeness (QED) is 0.750. The molecule has 2 rings (SSSR count). The first-order chi connectivity index (χ1) is 11.3. The molecule has 128 valence electrons. The van der Waals surface area contributed by atoms with Gasteiger partial charge in [-0.15, -0.1) is 0 Å². The molecule has 0 aromatic heterocycles. The number of amides is 3. The molecule has 8 heteroatoms. The largest absolute Gasteiger partial charge is 0.480 e. The molecule has 1 aliphatic heterocycles. The van der Waals surface area contributed by atoms with Gasteiger partial charge in [0.2, 0.25) is 5.91 Å². The van der Waals surface area contributed by atoms with Gasteiger partial charge in [0.25, 0.3) is 11.8 Å². The number of hydrogen-bond donors (Lipinski definition) is 2. The molecular formula is C16H17FN2O5. The van der Waals surface area contributed by atoms with E-state index in [1.165, 1.54) is 12.1 Å². The van der Waals surface area contributed by atoms with E-state index in [9.17, 15) is 23.6 Å². The number of alkyl halides is 1. The molecule has 3 amide bonds. The highest BCUT2D eigenvalue weighted by atomic mass is 19.1. The minimum absolute atomic E-state index is 0.182. The van der Waals surface area contributed by atoms with E-state index in [1.807, 2.05) is 5.32 Å². The van der Waals surface area contributed by atoms with Crippen LogP contribution in [0.1, 0.15) is 34.6 Å². The summed E-state index contributed by atoms with van der Waals surface area (Å²) in [6, 6.07) is 3.20. The Morgan fingerprint density at radius 3 is 2.04 bits per heavy atom. The molecule has 0 fully saturated rings. The number of aliphatic carboxylic acids is 1. The van der Waals surface area contributed by atoms with E-state index in [2.05, 4.69) is 0 Å². The van der Waals surface area contributed by atoms with Crippen LogP contribution in [0, 0.1) is 5.92 Å². The molecule has 1 aliphatic rings. The second-order valence-electron chi connectivity index (χ2n) is 5.77. The van der Waals surface area contributed by atoms with Crippen LogP contribution in [0.2, 0.25) is 0 Å². The fraction of sp³-hybridized carbons (Fsp3) is 0.375. The summed E-state index contributed by atoms with van der Waals surface area (Å²) < 4.78 is 12.7. The zero-order chi connectivity index (χ0) is 18.0. The summed E-state index contributed by atoms with van der Waals surface area (Å²) in [5.41, 5.74) is 0.363. The molecule has 0 saturated carbocycles. The van der Waals surface area contributed by atoms with Crippen molar-refractivity contribution in [2.45, 2.75) is 25.9 Å². The van der Waals surface area contributed by atoms with Gasteiger partial charge < -0.3 is 10.4 Å². The van der Waals surface area contributed by atoms with Crippen molar-refractivity contribution < 1.29 is 28.7 Å². The van der Waals surface area contributed by atoms with Gasteiger partial charge in [-0.2, -0.15) is 0 Å². The minimum atomic E-state index is -1.73. The van der Waals surface area contributed by atoms with E-state index in [0.717, 1.165) is 4.90 Å². The summed E-state index contributed by atoms with van der Waals surface area (Å²) in [5.74, 6) is -4.16. The molecule has 0 bridgehead atoms. The Kier molecular flexibility index (Phi) is 4.96. The number of benzene rings is 1. The van der Waals surface area contributed by atoms with Crippen molar-refractivity contribution in [3.05, 3.63) is 35.4 Å². The fourth-order valence-corrected chi connectivity index (χ4v) is 2.60. The second kappa shape index (κ2) is 6.77. The number of imide groups is 1. The monoisotopic (exact) mass is 336 g/mol. The minimum Gasteiger partial charge on any atom is -0.480 e. The van der Waals surface area contributed by atoms with E-state index < -0.39 is 48.4 Å². The Morgan fingerprint density at radius 1 is 1.17 bits per heavy atom. The molecule has 2 atom stereocenters. The number of halogens is 1. The number of carbonyl (C=O) groups excluding carboxylic acids is 3. The molecule has 24 heavy (non-hydrogen) atoms. The van der Waals surface area contributed by atoms with Crippen molar-refractivity contribution in [1.29, 1.82) is 0 Å². The number of carboxylic acids is 1. The van der Waals surface area contributed by atoms with E-state index in [1.54, 1.807) is 26.0 Å². The Bertz CT molecular complexity index is 668. The second-order valence-corrected chi connectivity index (χ2v) is 5.77. The first kappa shape index (κ1) is 17.6. The van der Waals surface area contributed by atoms with Gasteiger partial charge in [0, 0.05) is 0 Å². The van der Waals surface area contributed by atoms with Gasteiger partial charge in [0.15, 0.2) is 6.04 Å². The number of carbonyl (C=O) groups is 4. The summed E-state index contributed by atoms with van der Waals surface area (Å²) in [4.78, 5) is 49.1. The third-order valence-electron chi connectivity index (χ3n) is 3.77. The van der Waals surface area contributed by atoms with E-state index in [4.69, 9.17) is 5.11 Å². The Hall–Kier alpha value is -2.77. The number of rotatable bonds is 6. The third-order valence-corrected chi connectivity index (χ3v) is 3.77. The summed E-state index contributed by atoms with van der Waals surface area (Å²) in [6.07, 6.45) is 0. The van der Waals surface area contributed by atoms with E-state index in [0.29, 0.717) is 0 Å². The number of nitrogens with zero attached hydrogens (tertiary/aromatic N) is 1. The van der Waals surface area contributed by atoms with Crippen molar-refractivity contribution in [2.24, 2.45) is 5.92 Å². The zero-order valence-corrected chi connectivity index (χ0v) is 13.2. The predicted molar refractivity (Wildman–Crippen MR) is 81.1 cm³/mol. The van der Waals surface area contributed by atoms with Gasteiger partial charge in [-0.05, 0) is 18.1 Å². The van der Waals surface area contributed by atoms with Crippen LogP contribution >= 0.6 is 0 Å². The third kappa shape index (κ3) is 2.99. The van der Waals surface area contributed by atoms with Crippen LogP contribution in [0.4, 0.5) is 4.39 Å². The Labute approximate surface area is 137 Å². The van der Waals surface area contributed by atoms with E-state index in [-0.39, 0.29) is 11.1 Å². The molecule has 2 N–H and O–H groups in total. The van der Waals surface area contributed by atoms with Gasteiger partial charge in [-0.1, -0.05) is 26.0 Å². The summed E-state index contributed by atoms with van der Waals surface area (Å²) in [7, 11) is 0. The smallest absolute Gasteiger partial charge is 0.328 e. The number of nitrogens with one attached hydrogen (secondary N) is 1. The van der Waals surface area contributed by atoms with Crippen molar-refractivity contribution in [3.8, 4) is 0 Å². The molecule has 1 aromatic carbocycles. The van der Waals surface area contributed by atoms with Crippen LogP contribution in [0.15, 0.2) is 24.3 Å². The van der Waals surface area contributed by atoms with Gasteiger partial charge in [-0.25, -0.2) is 9.18 Å². The number of hydrogen-bond acceptors (Lipinski definition) is 4. The van der Waals surface area contributed by atoms with Gasteiger partial charge in [-0.3, -0.25) is 19.3 Å². The summed E-state index contributed by atoms with van der Waals surface area (Å²) in [5, 5.41) is 10.9. The lowest BCUT2D eigenvalue weighted by Crippen LogP contribution is -2.55. The lowest BCUT2D eigenvalue weighted by molar-refractivity contribution is -0.143. The van der Waals surface area contributed by atoms with Crippen LogP contribution in [-0.4, -0.2) is 52.5 Å². The lowest BCUT2D eigenvalue weighted by Gasteiger charge is -2.29. The first-order valence-corrected chi connectivity index (χ1v) is 7.35. The molecular weight excluding hydrogens is 319 g/mol. The van der Waals surface area contributed by atoms with E-state index >= 15 is 0 Å². The molecule has 2 unspecified atom stereocenters. The average Bonchev–Trinajstić information content (AvgIpc) is 2.78. The van der Waals surface area contributed by atoms with Crippen molar-refractivity contribution >= 4 is 23.7 Å². The molecule has 0 radical (unpaired) electrons. The van der Waals surface area contributed by atoms with Crippen molar-refractivity contribution in [3.63, 3.8) is 0 Å². The zero-order valence-electron chi connectivity index (χ0n) is 13.2. The molecule has 0 saturated heterocycles. The Morgan fingerprint density at radius 2 is 1.67 bits per heavy atom. The standard InChI is InChI=1S/C16H17FN2O5/c1-8(2)12(13(20)18-11(7-17)16(23)24)19-14(21)9-5-3-4-6-10(9)15(19)22/h3-6,8,11-12H,7H2,1-2H3,(H,18,20)(H,23,24). The van der Waals surface area contributed by atoms with Crippen molar-refractivity contribution in [2.75, 3.05) is 6.67 Å². The van der Waals surface area contributed by atoms with Crippen LogP contribution < -0.4 is 5.32 Å². The number of fused-ring (bicyclic) bond motifs is 1. The average molecular weight is 336 g/mol. The molecule has 0 spiro atoms. The maximum Gasteiger partial charge on any atom is 0.328 e. The van der Waals surface area contributed by atoms with Gasteiger partial charge in [0.1, 0.15) is 12.7 Å². The predicted octanol–water partition coefficient (Wildman–Crippen LogP) is 0.846. The van der Waals surface area contributed by atoms with Crippen LogP contribution in [0.25, 0.3) is 0 Å². The Balaban J connectivity index is 2.32. The summed E-state index contributed by atoms with van der Waals surface area (Å²) in [6.45, 7) is 1.92. The first-order valence-electron chi connectivity index (χ1n) is 7.35. The van der Waals surface area contributed by atoms with Gasteiger partial charge in [0.05, 0.1) is 11.1 Å². The topological polar surface area (TPSA) is 104 Å². The molecule has 0 aliphatic carbocycles. The van der Waals surface area contributed by atoms with Crippen LogP contribution in [0.5, 0.6) is 0 Å².